The van der Waals surface area contributed by atoms with Crippen LogP contribution in [0.2, 0.25) is 0 Å². The fourth-order valence-electron chi connectivity index (χ4n) is 2.77. The van der Waals surface area contributed by atoms with Crippen LogP contribution in [0.25, 0.3) is 16.9 Å². The van der Waals surface area contributed by atoms with Gasteiger partial charge in [0, 0.05) is 18.0 Å². The monoisotopic (exact) mass is 385 g/mol. The maximum absolute atomic E-state index is 13.0. The van der Waals surface area contributed by atoms with Gasteiger partial charge >= 0.3 is 5.97 Å². The van der Waals surface area contributed by atoms with Crippen LogP contribution in [0.4, 0.5) is 11.4 Å². The molecule has 2 aromatic carbocycles. The van der Waals surface area contributed by atoms with E-state index in [2.05, 4.69) is 20.3 Å². The van der Waals surface area contributed by atoms with Gasteiger partial charge in [0.15, 0.2) is 5.69 Å². The molecule has 0 fully saturated rings. The number of rotatable bonds is 5. The summed E-state index contributed by atoms with van der Waals surface area (Å²) in [7, 11) is 0. The summed E-state index contributed by atoms with van der Waals surface area (Å²) in [5.74, 6) is -1.02. The van der Waals surface area contributed by atoms with Crippen molar-refractivity contribution in [3.8, 4) is 16.9 Å². The van der Waals surface area contributed by atoms with Crippen LogP contribution in [0.3, 0.4) is 0 Å². The Morgan fingerprint density at radius 2 is 1.72 bits per heavy atom. The molecule has 0 amide bonds. The van der Waals surface area contributed by atoms with Crippen molar-refractivity contribution >= 4 is 17.3 Å². The Hall–Kier alpha value is -4.33. The second-order valence-corrected chi connectivity index (χ2v) is 6.11. The fraction of sp³-hybridized carbons (Fsp3) is 0. The lowest BCUT2D eigenvalue weighted by atomic mass is 10.2. The zero-order valence-corrected chi connectivity index (χ0v) is 15.1. The van der Waals surface area contributed by atoms with Crippen LogP contribution >= 0.6 is 0 Å². The van der Waals surface area contributed by atoms with Crippen molar-refractivity contribution in [2.24, 2.45) is 10.2 Å². The van der Waals surface area contributed by atoms with Crippen molar-refractivity contribution in [1.29, 1.82) is 0 Å². The van der Waals surface area contributed by atoms with E-state index in [9.17, 15) is 9.59 Å². The van der Waals surface area contributed by atoms with Gasteiger partial charge in [-0.25, -0.2) is 9.48 Å². The topological polar surface area (TPSA) is 113 Å². The van der Waals surface area contributed by atoms with Gasteiger partial charge in [-0.15, -0.1) is 5.11 Å². The predicted octanol–water partition coefficient (Wildman–Crippen LogP) is 4.34. The first kappa shape index (κ1) is 18.1. The van der Waals surface area contributed by atoms with Crippen LogP contribution in [0.1, 0.15) is 10.4 Å². The summed E-state index contributed by atoms with van der Waals surface area (Å²) in [6.07, 6.45) is 3.27. The number of carboxylic acid groups (broad SMARTS) is 1. The molecular weight excluding hydrogens is 370 g/mol. The first-order valence-electron chi connectivity index (χ1n) is 8.69. The molecule has 2 heterocycles. The third-order valence-corrected chi connectivity index (χ3v) is 4.21. The number of para-hydroxylation sites is 1. The molecule has 0 saturated carbocycles. The van der Waals surface area contributed by atoms with E-state index in [1.807, 2.05) is 24.3 Å². The zero-order chi connectivity index (χ0) is 20.2. The second kappa shape index (κ2) is 7.73. The minimum Gasteiger partial charge on any atom is -0.478 e. The molecule has 0 aliphatic heterocycles. The third kappa shape index (κ3) is 3.72. The Balaban J connectivity index is 1.80. The van der Waals surface area contributed by atoms with E-state index in [1.54, 1.807) is 30.6 Å². The molecule has 0 aliphatic rings. The normalized spacial score (nSPS) is 11.0. The highest BCUT2D eigenvalue weighted by Crippen LogP contribution is 2.27. The highest BCUT2D eigenvalue weighted by Gasteiger charge is 2.17. The number of aromatic carboxylic acids is 1. The Morgan fingerprint density at radius 3 is 2.38 bits per heavy atom. The van der Waals surface area contributed by atoms with Crippen molar-refractivity contribution in [1.82, 2.24) is 14.8 Å². The van der Waals surface area contributed by atoms with E-state index in [4.69, 9.17) is 5.11 Å². The number of azo groups is 1. The van der Waals surface area contributed by atoms with E-state index in [0.717, 1.165) is 0 Å². The fourth-order valence-corrected chi connectivity index (χ4v) is 2.77. The van der Waals surface area contributed by atoms with Gasteiger partial charge in [-0.3, -0.25) is 14.9 Å². The molecule has 4 aromatic rings. The highest BCUT2D eigenvalue weighted by molar-refractivity contribution is 5.87. The molecule has 0 bridgehead atoms. The molecule has 0 atom stereocenters. The molecule has 0 unspecified atom stereocenters. The van der Waals surface area contributed by atoms with Gasteiger partial charge in [-0.05, 0) is 48.5 Å². The molecule has 0 radical (unpaired) electrons. The van der Waals surface area contributed by atoms with Gasteiger partial charge in [-0.1, -0.05) is 18.2 Å². The maximum atomic E-state index is 13.0. The molecule has 0 aliphatic carbocycles. The molecule has 29 heavy (non-hydrogen) atoms. The van der Waals surface area contributed by atoms with Crippen molar-refractivity contribution < 1.29 is 9.90 Å². The van der Waals surface area contributed by atoms with Crippen LogP contribution in [-0.4, -0.2) is 25.8 Å². The number of hydrogen-bond acceptors (Lipinski definition) is 5. The zero-order valence-electron chi connectivity index (χ0n) is 15.1. The quantitative estimate of drug-likeness (QED) is 0.498. The van der Waals surface area contributed by atoms with Crippen LogP contribution in [0, 0.1) is 0 Å². The molecule has 2 aromatic heterocycles. The number of pyridine rings is 1. The van der Waals surface area contributed by atoms with Crippen molar-refractivity contribution in [3.63, 3.8) is 0 Å². The van der Waals surface area contributed by atoms with Gasteiger partial charge in [0.1, 0.15) is 0 Å². The lowest BCUT2D eigenvalue weighted by Crippen LogP contribution is -2.13. The van der Waals surface area contributed by atoms with Crippen LogP contribution < -0.4 is 5.56 Å². The highest BCUT2D eigenvalue weighted by atomic mass is 16.4. The van der Waals surface area contributed by atoms with E-state index in [-0.39, 0.29) is 16.8 Å². The third-order valence-electron chi connectivity index (χ3n) is 4.21. The Bertz CT molecular complexity index is 1230. The number of nitrogens with one attached hydrogen (secondary N) is 1. The average Bonchev–Trinajstić information content (AvgIpc) is 3.10. The minimum atomic E-state index is -1.02. The first-order valence-corrected chi connectivity index (χ1v) is 8.69. The SMILES string of the molecule is O=C(O)c1ccc(N=Nc2c(-c3cccnc3)[nH]n(-c3ccccc3)c2=O)cc1. The molecule has 0 saturated heterocycles. The number of carbonyl (C=O) groups is 1. The lowest BCUT2D eigenvalue weighted by molar-refractivity contribution is 0.0697. The van der Waals surface area contributed by atoms with Crippen LogP contribution in [-0.2, 0) is 0 Å². The lowest BCUT2D eigenvalue weighted by Gasteiger charge is -2.01. The van der Waals surface area contributed by atoms with Crippen molar-refractivity contribution in [2.45, 2.75) is 0 Å². The number of hydrogen-bond donors (Lipinski definition) is 2. The van der Waals surface area contributed by atoms with Crippen LogP contribution in [0.5, 0.6) is 0 Å². The number of nitrogens with zero attached hydrogens (tertiary/aromatic N) is 4. The summed E-state index contributed by atoms with van der Waals surface area (Å²) in [5, 5.41) is 20.3. The average molecular weight is 385 g/mol. The van der Waals surface area contributed by atoms with Gasteiger partial charge in [-0.2, -0.15) is 5.11 Å². The van der Waals surface area contributed by atoms with Gasteiger partial charge in [0.05, 0.1) is 22.6 Å². The van der Waals surface area contributed by atoms with E-state index in [1.165, 1.54) is 28.9 Å². The van der Waals surface area contributed by atoms with E-state index < -0.39 is 5.97 Å². The van der Waals surface area contributed by atoms with E-state index >= 15 is 0 Å². The predicted molar refractivity (Wildman–Crippen MR) is 107 cm³/mol. The van der Waals surface area contributed by atoms with Gasteiger partial charge in [0.2, 0.25) is 0 Å². The summed E-state index contributed by atoms with van der Waals surface area (Å²) < 4.78 is 1.39. The molecule has 8 nitrogen and oxygen atoms in total. The molecule has 8 heteroatoms. The number of carboxylic acids is 1. The molecule has 2 N–H and O–H groups in total. The summed E-state index contributed by atoms with van der Waals surface area (Å²) in [6.45, 7) is 0. The standard InChI is InChI=1S/C21H15N5O3/c27-20-19(24-23-16-10-8-14(9-11-16)21(28)29)18(15-5-4-12-22-13-15)25-26(20)17-6-2-1-3-7-17/h1-13,25H,(H,28,29). The largest absolute Gasteiger partial charge is 0.478 e. The number of aromatic amines is 1. The summed E-state index contributed by atoms with van der Waals surface area (Å²) in [5.41, 5.74) is 2.18. The molecular formula is C21H15N5O3. The first-order chi connectivity index (χ1) is 14.1. The summed E-state index contributed by atoms with van der Waals surface area (Å²) in [6, 6.07) is 18.6. The van der Waals surface area contributed by atoms with Gasteiger partial charge in [0.25, 0.3) is 5.56 Å². The minimum absolute atomic E-state index is 0.129. The summed E-state index contributed by atoms with van der Waals surface area (Å²) >= 11 is 0. The Kier molecular flexibility index (Phi) is 4.81. The Labute approximate surface area is 164 Å². The number of H-pyrrole nitrogens is 1. The van der Waals surface area contributed by atoms with E-state index in [0.29, 0.717) is 22.6 Å². The summed E-state index contributed by atoms with van der Waals surface area (Å²) in [4.78, 5) is 28.1. The smallest absolute Gasteiger partial charge is 0.335 e. The Morgan fingerprint density at radius 1 is 0.966 bits per heavy atom. The van der Waals surface area contributed by atoms with Crippen LogP contribution in [0.15, 0.2) is 94.1 Å². The molecule has 4 rings (SSSR count). The number of benzene rings is 2. The molecule has 142 valence electrons. The number of aromatic nitrogens is 3. The van der Waals surface area contributed by atoms with Crippen molar-refractivity contribution in [2.75, 3.05) is 0 Å². The maximum Gasteiger partial charge on any atom is 0.335 e. The molecule has 0 spiro atoms. The van der Waals surface area contributed by atoms with Gasteiger partial charge < -0.3 is 5.11 Å². The van der Waals surface area contributed by atoms with Crippen molar-refractivity contribution in [3.05, 3.63) is 95.0 Å². The second-order valence-electron chi connectivity index (χ2n) is 6.11.